The van der Waals surface area contributed by atoms with Crippen LogP contribution in [0.1, 0.15) is 23.6 Å². The second kappa shape index (κ2) is 7.59. The lowest BCUT2D eigenvalue weighted by Crippen LogP contribution is -2.41. The summed E-state index contributed by atoms with van der Waals surface area (Å²) in [6, 6.07) is 11.5. The van der Waals surface area contributed by atoms with Gasteiger partial charge in [0.05, 0.1) is 5.02 Å². The summed E-state index contributed by atoms with van der Waals surface area (Å²) >= 11 is 6.13. The van der Waals surface area contributed by atoms with E-state index in [0.29, 0.717) is 11.1 Å². The number of hydrogen-bond donors (Lipinski definition) is 1. The van der Waals surface area contributed by atoms with E-state index in [0.717, 1.165) is 5.56 Å². The molecular formula is C20H18ClF2N3O2. The molecule has 1 amide bonds. The van der Waals surface area contributed by atoms with Gasteiger partial charge in [0, 0.05) is 7.05 Å². The van der Waals surface area contributed by atoms with Crippen LogP contribution in [-0.2, 0) is 10.3 Å². The number of benzene rings is 2. The average molecular weight is 406 g/mol. The first-order chi connectivity index (χ1) is 13.3. The average Bonchev–Trinajstić information content (AvgIpc) is 2.88. The van der Waals surface area contributed by atoms with Crippen LogP contribution < -0.4 is 10.5 Å². The molecule has 5 nitrogen and oxygen atoms in total. The third-order valence-corrected chi connectivity index (χ3v) is 4.76. The fourth-order valence-electron chi connectivity index (χ4n) is 3.16. The molecule has 1 heterocycles. The van der Waals surface area contributed by atoms with Crippen LogP contribution >= 0.6 is 11.6 Å². The Labute approximate surface area is 166 Å². The zero-order valence-electron chi connectivity index (χ0n) is 15.2. The number of ether oxygens (including phenoxy) is 1. The summed E-state index contributed by atoms with van der Waals surface area (Å²) in [6.07, 6.45) is 3.76. The highest BCUT2D eigenvalue weighted by molar-refractivity contribution is 6.32. The van der Waals surface area contributed by atoms with Gasteiger partial charge in [-0.15, -0.1) is 0 Å². The normalized spacial score (nSPS) is 19.6. The number of guanidine groups is 1. The van der Waals surface area contributed by atoms with Crippen LogP contribution in [0, 0.1) is 0 Å². The number of nitrogens with two attached hydrogens (primary N) is 1. The second-order valence-corrected chi connectivity index (χ2v) is 6.60. The van der Waals surface area contributed by atoms with Gasteiger partial charge >= 0.3 is 6.61 Å². The van der Waals surface area contributed by atoms with Crippen LogP contribution in [0.5, 0.6) is 5.75 Å². The lowest BCUT2D eigenvalue weighted by atomic mass is 9.82. The molecule has 2 aromatic carbocycles. The van der Waals surface area contributed by atoms with Crippen molar-refractivity contribution in [2.75, 3.05) is 7.05 Å². The second-order valence-electron chi connectivity index (χ2n) is 6.19. The predicted octanol–water partition coefficient (Wildman–Crippen LogP) is 4.00. The van der Waals surface area contributed by atoms with Gasteiger partial charge < -0.3 is 10.5 Å². The number of allylic oxidation sites excluding steroid dienone is 1. The van der Waals surface area contributed by atoms with Crippen LogP contribution in [0.4, 0.5) is 8.78 Å². The standard InChI is InChI=1S/C20H18ClF2N3O2/c1-3-5-12-6-4-7-13(10-12)20(17(27)26(2)19(24)25-20)14-8-9-16(15(21)11-14)28-18(22)23/h3-11,18H,1-2H3,(H2,24,25). The number of aliphatic imine (C=N–C) groups is 1. The van der Waals surface area contributed by atoms with E-state index < -0.39 is 12.2 Å². The highest BCUT2D eigenvalue weighted by atomic mass is 35.5. The van der Waals surface area contributed by atoms with Crippen LogP contribution in [0.15, 0.2) is 53.5 Å². The highest BCUT2D eigenvalue weighted by Crippen LogP contribution is 2.42. The maximum atomic E-state index is 13.2. The quantitative estimate of drug-likeness (QED) is 0.817. The minimum Gasteiger partial charge on any atom is -0.433 e. The Bertz CT molecular complexity index is 978. The molecule has 2 aromatic rings. The summed E-state index contributed by atoms with van der Waals surface area (Å²) in [5.74, 6) is -0.513. The molecule has 3 rings (SSSR count). The first-order valence-electron chi connectivity index (χ1n) is 8.41. The lowest BCUT2D eigenvalue weighted by molar-refractivity contribution is -0.129. The molecule has 0 aliphatic carbocycles. The summed E-state index contributed by atoms with van der Waals surface area (Å²) in [5, 5.41) is -0.0575. The Morgan fingerprint density at radius 3 is 2.54 bits per heavy atom. The molecule has 2 N–H and O–H groups in total. The van der Waals surface area contributed by atoms with E-state index in [9.17, 15) is 13.6 Å². The minimum absolute atomic E-state index is 0.0467. The fraction of sp³-hybridized carbons (Fsp3) is 0.200. The number of carbonyl (C=O) groups is 1. The SMILES string of the molecule is CC=Cc1cccc(C2(c3ccc(OC(F)F)c(Cl)c3)N=C(N)N(C)C2=O)c1. The Morgan fingerprint density at radius 1 is 1.25 bits per heavy atom. The Balaban J connectivity index is 2.21. The molecular weight excluding hydrogens is 388 g/mol. The number of halogens is 3. The third-order valence-electron chi connectivity index (χ3n) is 4.47. The molecule has 1 aliphatic rings. The molecule has 8 heteroatoms. The molecule has 0 bridgehead atoms. The van der Waals surface area contributed by atoms with Crippen molar-refractivity contribution in [2.45, 2.75) is 19.1 Å². The first-order valence-corrected chi connectivity index (χ1v) is 8.79. The Morgan fingerprint density at radius 2 is 1.96 bits per heavy atom. The van der Waals surface area contributed by atoms with E-state index in [2.05, 4.69) is 9.73 Å². The van der Waals surface area contributed by atoms with Gasteiger partial charge in [-0.1, -0.05) is 48.0 Å². The molecule has 0 aromatic heterocycles. The van der Waals surface area contributed by atoms with E-state index in [1.54, 1.807) is 12.1 Å². The predicted molar refractivity (Wildman–Crippen MR) is 104 cm³/mol. The van der Waals surface area contributed by atoms with Crippen molar-refractivity contribution in [1.29, 1.82) is 0 Å². The highest BCUT2D eigenvalue weighted by Gasteiger charge is 2.49. The van der Waals surface area contributed by atoms with Gasteiger partial charge in [-0.05, 0) is 41.8 Å². The van der Waals surface area contributed by atoms with Gasteiger partial charge in [-0.2, -0.15) is 8.78 Å². The zero-order valence-corrected chi connectivity index (χ0v) is 16.0. The molecule has 28 heavy (non-hydrogen) atoms. The molecule has 1 unspecified atom stereocenters. The van der Waals surface area contributed by atoms with Crippen LogP contribution in [0.3, 0.4) is 0 Å². The molecule has 1 atom stereocenters. The lowest BCUT2D eigenvalue weighted by Gasteiger charge is -2.27. The number of amides is 1. The summed E-state index contributed by atoms with van der Waals surface area (Å²) in [7, 11) is 1.52. The van der Waals surface area contributed by atoms with Crippen LogP contribution in [0.25, 0.3) is 6.08 Å². The number of carbonyl (C=O) groups excluding carboxylic acids is 1. The van der Waals surface area contributed by atoms with Crippen molar-refractivity contribution in [3.63, 3.8) is 0 Å². The Hall–Kier alpha value is -2.93. The number of nitrogens with zero attached hydrogens (tertiary/aromatic N) is 2. The van der Waals surface area contributed by atoms with E-state index >= 15 is 0 Å². The van der Waals surface area contributed by atoms with E-state index in [4.69, 9.17) is 17.3 Å². The van der Waals surface area contributed by atoms with Gasteiger partial charge in [-0.25, -0.2) is 4.99 Å². The molecule has 0 radical (unpaired) electrons. The van der Waals surface area contributed by atoms with Crippen molar-refractivity contribution < 1.29 is 18.3 Å². The molecule has 0 saturated carbocycles. The van der Waals surface area contributed by atoms with E-state index in [1.807, 2.05) is 31.2 Å². The van der Waals surface area contributed by atoms with E-state index in [1.165, 1.54) is 30.1 Å². The number of hydrogen-bond acceptors (Lipinski definition) is 4. The van der Waals surface area contributed by atoms with Crippen molar-refractivity contribution in [2.24, 2.45) is 10.7 Å². The first kappa shape index (κ1) is 19.8. The maximum Gasteiger partial charge on any atom is 0.387 e. The molecule has 0 fully saturated rings. The van der Waals surface area contributed by atoms with E-state index in [-0.39, 0.29) is 22.6 Å². The topological polar surface area (TPSA) is 67.9 Å². The van der Waals surface area contributed by atoms with Gasteiger partial charge in [0.1, 0.15) is 5.75 Å². The number of rotatable bonds is 5. The van der Waals surface area contributed by atoms with Crippen molar-refractivity contribution in [1.82, 2.24) is 4.90 Å². The minimum atomic E-state index is -3.01. The third kappa shape index (κ3) is 3.33. The fourth-order valence-corrected chi connectivity index (χ4v) is 3.39. The van der Waals surface area contributed by atoms with Crippen LogP contribution in [-0.4, -0.2) is 30.4 Å². The summed E-state index contributed by atoms with van der Waals surface area (Å²) < 4.78 is 29.5. The van der Waals surface area contributed by atoms with Crippen molar-refractivity contribution >= 4 is 29.5 Å². The van der Waals surface area contributed by atoms with Gasteiger partial charge in [-0.3, -0.25) is 9.69 Å². The van der Waals surface area contributed by atoms with Crippen molar-refractivity contribution in [3.8, 4) is 5.75 Å². The molecule has 0 saturated heterocycles. The zero-order chi connectivity index (χ0) is 20.5. The van der Waals surface area contributed by atoms with Gasteiger partial charge in [0.2, 0.25) is 0 Å². The summed E-state index contributed by atoms with van der Waals surface area (Å²) in [6.45, 7) is -1.13. The maximum absolute atomic E-state index is 13.2. The van der Waals surface area contributed by atoms with Crippen LogP contribution in [0.2, 0.25) is 5.02 Å². The smallest absolute Gasteiger partial charge is 0.387 e. The summed E-state index contributed by atoms with van der Waals surface area (Å²) in [4.78, 5) is 18.9. The van der Waals surface area contributed by atoms with Gasteiger partial charge in [0.25, 0.3) is 5.91 Å². The molecule has 146 valence electrons. The van der Waals surface area contributed by atoms with Crippen molar-refractivity contribution in [3.05, 3.63) is 70.3 Å². The number of likely N-dealkylation sites (N-methyl/N-ethyl adjacent to an activating group) is 1. The largest absolute Gasteiger partial charge is 0.433 e. The molecule has 0 spiro atoms. The Kier molecular flexibility index (Phi) is 5.38. The monoisotopic (exact) mass is 405 g/mol. The summed E-state index contributed by atoms with van der Waals surface area (Å²) in [5.41, 5.74) is 6.32. The molecule has 1 aliphatic heterocycles. The number of alkyl halides is 2. The van der Waals surface area contributed by atoms with Gasteiger partial charge in [0.15, 0.2) is 11.5 Å².